The van der Waals surface area contributed by atoms with E-state index in [0.717, 1.165) is 0 Å². The molecule has 1 aromatic carbocycles. The maximum Gasteiger partial charge on any atom is 0.251 e. The Kier molecular flexibility index (Phi) is 6.99. The topological polar surface area (TPSA) is 93.7 Å². The van der Waals surface area contributed by atoms with Crippen LogP contribution in [-0.4, -0.2) is 47.2 Å². The van der Waals surface area contributed by atoms with Gasteiger partial charge < -0.3 is 14.8 Å². The zero-order valence-electron chi connectivity index (χ0n) is 14.0. The first kappa shape index (κ1) is 19.4. The third-order valence-electron chi connectivity index (χ3n) is 2.90. The lowest BCUT2D eigenvalue weighted by Gasteiger charge is -2.16. The predicted molar refractivity (Wildman–Crippen MR) is 87.3 cm³/mol. The van der Waals surface area contributed by atoms with Crippen molar-refractivity contribution < 1.29 is 22.7 Å². The fourth-order valence-corrected chi connectivity index (χ4v) is 3.45. The van der Waals surface area contributed by atoms with E-state index in [1.165, 1.54) is 32.4 Å². The number of hydrogen-bond acceptors (Lipinski definition) is 5. The van der Waals surface area contributed by atoms with Crippen LogP contribution in [0.5, 0.6) is 5.75 Å². The number of sulfonamides is 1. The van der Waals surface area contributed by atoms with Gasteiger partial charge >= 0.3 is 0 Å². The summed E-state index contributed by atoms with van der Waals surface area (Å²) in [5, 5.41) is 2.73. The lowest BCUT2D eigenvalue weighted by atomic mass is 10.2. The minimum atomic E-state index is -3.78. The fraction of sp³-hybridized carbons (Fsp3) is 0.533. The number of benzene rings is 1. The van der Waals surface area contributed by atoms with E-state index in [1.54, 1.807) is 20.8 Å². The van der Waals surface area contributed by atoms with E-state index in [0.29, 0.717) is 6.61 Å². The van der Waals surface area contributed by atoms with Crippen molar-refractivity contribution in [1.29, 1.82) is 0 Å². The molecule has 0 radical (unpaired) electrons. The van der Waals surface area contributed by atoms with Crippen molar-refractivity contribution in [1.82, 2.24) is 10.0 Å². The summed E-state index contributed by atoms with van der Waals surface area (Å²) in [5.74, 6) is -0.196. The van der Waals surface area contributed by atoms with Crippen LogP contribution in [0.4, 0.5) is 0 Å². The van der Waals surface area contributed by atoms with Crippen LogP contribution in [0.3, 0.4) is 0 Å². The Bertz CT molecular complexity index is 643. The highest BCUT2D eigenvalue weighted by molar-refractivity contribution is 7.89. The average molecular weight is 344 g/mol. The summed E-state index contributed by atoms with van der Waals surface area (Å²) < 4.78 is 37.3. The van der Waals surface area contributed by atoms with Crippen molar-refractivity contribution in [2.45, 2.75) is 37.8 Å². The van der Waals surface area contributed by atoms with E-state index >= 15 is 0 Å². The van der Waals surface area contributed by atoms with Gasteiger partial charge in [-0.15, -0.1) is 0 Å². The summed E-state index contributed by atoms with van der Waals surface area (Å²) in [6.07, 6.45) is 0. The standard InChI is InChI=1S/C15H24N2O5S/c1-10(2)17-23(19,20)14-8-12(6-7-13(14)22-5)15(18)16-11(3)9-21-4/h6-8,10-11,17H,9H2,1-5H3,(H,16,18). The van der Waals surface area contributed by atoms with Crippen molar-refractivity contribution in [3.63, 3.8) is 0 Å². The number of carbonyl (C=O) groups excluding carboxylic acids is 1. The predicted octanol–water partition coefficient (Wildman–Crippen LogP) is 1.15. The average Bonchev–Trinajstić information content (AvgIpc) is 2.45. The Hall–Kier alpha value is -1.64. The molecule has 8 heteroatoms. The molecule has 0 saturated heterocycles. The van der Waals surface area contributed by atoms with Crippen molar-refractivity contribution >= 4 is 15.9 Å². The Balaban J connectivity index is 3.15. The van der Waals surface area contributed by atoms with Crippen LogP contribution in [0.1, 0.15) is 31.1 Å². The Morgan fingerprint density at radius 1 is 1.22 bits per heavy atom. The summed E-state index contributed by atoms with van der Waals surface area (Å²) in [6, 6.07) is 3.82. The van der Waals surface area contributed by atoms with Gasteiger partial charge in [-0.2, -0.15) is 0 Å². The lowest BCUT2D eigenvalue weighted by molar-refractivity contribution is 0.0905. The molecular weight excluding hydrogens is 320 g/mol. The van der Waals surface area contributed by atoms with Crippen LogP contribution < -0.4 is 14.8 Å². The number of nitrogens with one attached hydrogen (secondary N) is 2. The monoisotopic (exact) mass is 344 g/mol. The Morgan fingerprint density at radius 2 is 1.87 bits per heavy atom. The van der Waals surface area contributed by atoms with Gasteiger partial charge in [0, 0.05) is 24.8 Å². The number of ether oxygens (including phenoxy) is 2. The van der Waals surface area contributed by atoms with Gasteiger partial charge in [-0.3, -0.25) is 4.79 Å². The van der Waals surface area contributed by atoms with E-state index in [1.807, 2.05) is 0 Å². The molecule has 1 amide bonds. The van der Waals surface area contributed by atoms with E-state index in [9.17, 15) is 13.2 Å². The first-order chi connectivity index (χ1) is 10.7. The number of carbonyl (C=O) groups is 1. The quantitative estimate of drug-likeness (QED) is 0.738. The minimum Gasteiger partial charge on any atom is -0.495 e. The maximum atomic E-state index is 12.4. The van der Waals surface area contributed by atoms with Crippen LogP contribution in [0.2, 0.25) is 0 Å². The van der Waals surface area contributed by atoms with Crippen LogP contribution in [0.15, 0.2) is 23.1 Å². The van der Waals surface area contributed by atoms with Gasteiger partial charge in [0.05, 0.1) is 13.7 Å². The molecule has 23 heavy (non-hydrogen) atoms. The molecule has 0 aliphatic heterocycles. The van der Waals surface area contributed by atoms with Crippen molar-refractivity contribution in [2.75, 3.05) is 20.8 Å². The van der Waals surface area contributed by atoms with Crippen LogP contribution in [0, 0.1) is 0 Å². The van der Waals surface area contributed by atoms with Gasteiger partial charge in [-0.05, 0) is 39.0 Å². The van der Waals surface area contributed by atoms with E-state index < -0.39 is 10.0 Å². The molecule has 0 spiro atoms. The van der Waals surface area contributed by atoms with Crippen molar-refractivity contribution in [3.8, 4) is 5.75 Å². The van der Waals surface area contributed by atoms with Gasteiger partial charge in [0.25, 0.3) is 5.91 Å². The molecule has 1 unspecified atom stereocenters. The first-order valence-electron chi connectivity index (χ1n) is 7.21. The first-order valence-corrected chi connectivity index (χ1v) is 8.69. The highest BCUT2D eigenvalue weighted by Gasteiger charge is 2.22. The number of amides is 1. The molecule has 0 heterocycles. The molecule has 130 valence electrons. The number of hydrogen-bond donors (Lipinski definition) is 2. The summed E-state index contributed by atoms with van der Waals surface area (Å²) in [4.78, 5) is 12.1. The summed E-state index contributed by atoms with van der Waals surface area (Å²) in [6.45, 7) is 5.59. The highest BCUT2D eigenvalue weighted by atomic mass is 32.2. The van der Waals surface area contributed by atoms with Gasteiger partial charge in [0.2, 0.25) is 10.0 Å². The maximum absolute atomic E-state index is 12.4. The van der Waals surface area contributed by atoms with E-state index in [2.05, 4.69) is 10.0 Å². The normalized spacial score (nSPS) is 13.0. The molecule has 0 saturated carbocycles. The largest absolute Gasteiger partial charge is 0.495 e. The molecule has 0 aromatic heterocycles. The SMILES string of the molecule is COCC(C)NC(=O)c1ccc(OC)c(S(=O)(=O)NC(C)C)c1. The van der Waals surface area contributed by atoms with Gasteiger partial charge in [0.1, 0.15) is 10.6 Å². The molecule has 0 aliphatic carbocycles. The zero-order valence-corrected chi connectivity index (χ0v) is 14.9. The fourth-order valence-electron chi connectivity index (χ4n) is 2.00. The van der Waals surface area contributed by atoms with Crippen molar-refractivity contribution in [3.05, 3.63) is 23.8 Å². The van der Waals surface area contributed by atoms with Crippen LogP contribution in [0.25, 0.3) is 0 Å². The molecule has 0 aliphatic rings. The molecule has 7 nitrogen and oxygen atoms in total. The van der Waals surface area contributed by atoms with E-state index in [-0.39, 0.29) is 34.2 Å². The highest BCUT2D eigenvalue weighted by Crippen LogP contribution is 2.25. The summed E-state index contributed by atoms with van der Waals surface area (Å²) in [7, 11) is -0.858. The van der Waals surface area contributed by atoms with Crippen LogP contribution >= 0.6 is 0 Å². The number of rotatable bonds is 8. The second-order valence-electron chi connectivity index (χ2n) is 5.47. The zero-order chi connectivity index (χ0) is 17.6. The molecule has 0 bridgehead atoms. The summed E-state index contributed by atoms with van der Waals surface area (Å²) in [5.41, 5.74) is 0.234. The Morgan fingerprint density at radius 3 is 2.39 bits per heavy atom. The van der Waals surface area contributed by atoms with Gasteiger partial charge in [0.15, 0.2) is 0 Å². The molecule has 2 N–H and O–H groups in total. The molecule has 1 aromatic rings. The summed E-state index contributed by atoms with van der Waals surface area (Å²) >= 11 is 0. The second-order valence-corrected chi connectivity index (χ2v) is 7.15. The lowest BCUT2D eigenvalue weighted by Crippen LogP contribution is -2.36. The smallest absolute Gasteiger partial charge is 0.251 e. The van der Waals surface area contributed by atoms with Gasteiger partial charge in [-0.25, -0.2) is 13.1 Å². The van der Waals surface area contributed by atoms with Crippen molar-refractivity contribution in [2.24, 2.45) is 0 Å². The molecular formula is C15H24N2O5S. The second kappa shape index (κ2) is 8.28. The third kappa shape index (κ3) is 5.49. The van der Waals surface area contributed by atoms with E-state index in [4.69, 9.17) is 9.47 Å². The van der Waals surface area contributed by atoms with Crippen LogP contribution in [-0.2, 0) is 14.8 Å². The third-order valence-corrected chi connectivity index (χ3v) is 4.58. The molecule has 0 fully saturated rings. The number of methoxy groups -OCH3 is 2. The Labute approximate surface area is 137 Å². The molecule has 1 atom stereocenters. The molecule has 1 rings (SSSR count). The van der Waals surface area contributed by atoms with Gasteiger partial charge in [-0.1, -0.05) is 0 Å². The minimum absolute atomic E-state index is 0.0688.